The van der Waals surface area contributed by atoms with Gasteiger partial charge in [-0.3, -0.25) is 4.79 Å². The van der Waals surface area contributed by atoms with Crippen molar-refractivity contribution in [2.45, 2.75) is 0 Å². The molecule has 0 radical (unpaired) electrons. The molecule has 20 heavy (non-hydrogen) atoms. The lowest BCUT2D eigenvalue weighted by Gasteiger charge is -2.04. The monoisotopic (exact) mass is 306 g/mol. The second-order valence-corrected chi connectivity index (χ2v) is 4.91. The smallest absolute Gasteiger partial charge is 0.189 e. The highest BCUT2D eigenvalue weighted by Gasteiger charge is 2.08. The summed E-state index contributed by atoms with van der Waals surface area (Å²) in [5.41, 5.74) is 1.25. The zero-order valence-electron chi connectivity index (χ0n) is 10.8. The molecule has 0 spiro atoms. The molecule has 102 valence electrons. The number of rotatable bonds is 4. The fourth-order valence-electron chi connectivity index (χ4n) is 1.74. The lowest BCUT2D eigenvalue weighted by atomic mass is 10.1. The van der Waals surface area contributed by atoms with E-state index in [4.69, 9.17) is 27.9 Å². The third-order valence-electron chi connectivity index (χ3n) is 2.75. The van der Waals surface area contributed by atoms with Crippen molar-refractivity contribution in [2.24, 2.45) is 0 Å². The lowest BCUT2D eigenvalue weighted by Crippen LogP contribution is -1.98. The van der Waals surface area contributed by atoms with Crippen LogP contribution in [0.1, 0.15) is 15.9 Å². The minimum atomic E-state index is -0.145. The van der Waals surface area contributed by atoms with Crippen LogP contribution in [-0.4, -0.2) is 12.9 Å². The van der Waals surface area contributed by atoms with E-state index in [2.05, 4.69) is 0 Å². The maximum Gasteiger partial charge on any atom is 0.189 e. The highest BCUT2D eigenvalue weighted by Crippen LogP contribution is 2.23. The summed E-state index contributed by atoms with van der Waals surface area (Å²) in [5, 5.41) is 1.06. The van der Waals surface area contributed by atoms with Crippen LogP contribution in [0.5, 0.6) is 5.75 Å². The molecule has 0 N–H and O–H groups in total. The van der Waals surface area contributed by atoms with Crippen molar-refractivity contribution in [3.05, 3.63) is 69.7 Å². The zero-order valence-corrected chi connectivity index (χ0v) is 12.3. The highest BCUT2D eigenvalue weighted by atomic mass is 35.5. The van der Waals surface area contributed by atoms with E-state index in [-0.39, 0.29) is 5.78 Å². The number of carbonyl (C=O) groups excluding carboxylic acids is 1. The second-order valence-electron chi connectivity index (χ2n) is 4.06. The van der Waals surface area contributed by atoms with Gasteiger partial charge in [0, 0.05) is 10.0 Å². The Balaban J connectivity index is 2.25. The Morgan fingerprint density at radius 1 is 1.15 bits per heavy atom. The SMILES string of the molecule is COc1ccccc1C(=O)/C=C/c1ccc(Cl)cc1Cl. The zero-order chi connectivity index (χ0) is 14.5. The fourth-order valence-corrected chi connectivity index (χ4v) is 2.21. The van der Waals surface area contributed by atoms with Crippen molar-refractivity contribution in [2.75, 3.05) is 7.11 Å². The van der Waals surface area contributed by atoms with Crippen LogP contribution >= 0.6 is 23.2 Å². The summed E-state index contributed by atoms with van der Waals surface area (Å²) in [5.74, 6) is 0.401. The summed E-state index contributed by atoms with van der Waals surface area (Å²) < 4.78 is 5.16. The van der Waals surface area contributed by atoms with Gasteiger partial charge in [-0.05, 0) is 42.0 Å². The Labute approximate surface area is 127 Å². The maximum absolute atomic E-state index is 12.1. The van der Waals surface area contributed by atoms with Crippen LogP contribution in [-0.2, 0) is 0 Å². The van der Waals surface area contributed by atoms with Gasteiger partial charge in [0.05, 0.1) is 12.7 Å². The van der Waals surface area contributed by atoms with Crippen LogP contribution in [0, 0.1) is 0 Å². The summed E-state index contributed by atoms with van der Waals surface area (Å²) in [4.78, 5) is 12.1. The molecule has 0 heterocycles. The molecule has 0 saturated heterocycles. The molecule has 0 bridgehead atoms. The minimum Gasteiger partial charge on any atom is -0.496 e. The highest BCUT2D eigenvalue weighted by molar-refractivity contribution is 6.35. The Bertz CT molecular complexity index is 663. The summed E-state index contributed by atoms with van der Waals surface area (Å²) in [6.07, 6.45) is 3.13. The summed E-state index contributed by atoms with van der Waals surface area (Å²) in [7, 11) is 1.53. The summed E-state index contributed by atoms with van der Waals surface area (Å²) in [6.45, 7) is 0. The standard InChI is InChI=1S/C16H12Cl2O2/c1-20-16-5-3-2-4-13(16)15(19)9-7-11-6-8-12(17)10-14(11)18/h2-10H,1H3/b9-7+. The number of hydrogen-bond donors (Lipinski definition) is 0. The summed E-state index contributed by atoms with van der Waals surface area (Å²) in [6, 6.07) is 12.2. The molecule has 0 aliphatic heterocycles. The van der Waals surface area contributed by atoms with Crippen molar-refractivity contribution in [1.29, 1.82) is 0 Å². The second kappa shape index (κ2) is 6.60. The van der Waals surface area contributed by atoms with E-state index in [1.54, 1.807) is 42.5 Å². The molecule has 0 unspecified atom stereocenters. The molecule has 0 atom stereocenters. The predicted octanol–water partition coefficient (Wildman–Crippen LogP) is 4.90. The van der Waals surface area contributed by atoms with Crippen molar-refractivity contribution >= 4 is 35.1 Å². The molecule has 0 aliphatic rings. The van der Waals surface area contributed by atoms with E-state index in [0.29, 0.717) is 21.4 Å². The van der Waals surface area contributed by atoms with Gasteiger partial charge in [-0.25, -0.2) is 0 Å². The number of halogens is 2. The number of ketones is 1. The van der Waals surface area contributed by atoms with Crippen LogP contribution < -0.4 is 4.74 Å². The Morgan fingerprint density at radius 2 is 1.90 bits per heavy atom. The van der Waals surface area contributed by atoms with Crippen molar-refractivity contribution in [1.82, 2.24) is 0 Å². The number of benzene rings is 2. The maximum atomic E-state index is 12.1. The number of allylic oxidation sites excluding steroid dienone is 1. The van der Waals surface area contributed by atoms with E-state index in [1.165, 1.54) is 13.2 Å². The van der Waals surface area contributed by atoms with Crippen LogP contribution in [0.15, 0.2) is 48.5 Å². The molecule has 2 nitrogen and oxygen atoms in total. The number of carbonyl (C=O) groups is 1. The quantitative estimate of drug-likeness (QED) is 0.593. The van der Waals surface area contributed by atoms with Gasteiger partial charge in [0.25, 0.3) is 0 Å². The molecular weight excluding hydrogens is 295 g/mol. The first-order chi connectivity index (χ1) is 9.61. The Kier molecular flexibility index (Phi) is 4.83. The fraction of sp³-hybridized carbons (Fsp3) is 0.0625. The van der Waals surface area contributed by atoms with Crippen LogP contribution in [0.3, 0.4) is 0 Å². The van der Waals surface area contributed by atoms with Crippen LogP contribution in [0.25, 0.3) is 6.08 Å². The molecule has 2 aromatic rings. The molecule has 4 heteroatoms. The van der Waals surface area contributed by atoms with Gasteiger partial charge in [-0.2, -0.15) is 0 Å². The van der Waals surface area contributed by atoms with Gasteiger partial charge in [-0.1, -0.05) is 41.4 Å². The van der Waals surface area contributed by atoms with E-state index < -0.39 is 0 Å². The van der Waals surface area contributed by atoms with E-state index in [9.17, 15) is 4.79 Å². The third kappa shape index (κ3) is 3.41. The van der Waals surface area contributed by atoms with Crippen molar-refractivity contribution < 1.29 is 9.53 Å². The van der Waals surface area contributed by atoms with Crippen molar-refractivity contribution in [3.63, 3.8) is 0 Å². The molecule has 0 aromatic heterocycles. The molecule has 0 saturated carbocycles. The molecule has 0 aliphatic carbocycles. The first kappa shape index (κ1) is 14.6. The summed E-state index contributed by atoms with van der Waals surface area (Å²) >= 11 is 11.9. The van der Waals surface area contributed by atoms with Gasteiger partial charge in [-0.15, -0.1) is 0 Å². The van der Waals surface area contributed by atoms with Gasteiger partial charge in [0.2, 0.25) is 0 Å². The number of hydrogen-bond acceptors (Lipinski definition) is 2. The minimum absolute atomic E-state index is 0.145. The number of ether oxygens (including phenoxy) is 1. The molecule has 0 fully saturated rings. The van der Waals surface area contributed by atoms with Gasteiger partial charge in [0.15, 0.2) is 5.78 Å². The largest absolute Gasteiger partial charge is 0.496 e. The van der Waals surface area contributed by atoms with Gasteiger partial charge >= 0.3 is 0 Å². The molecule has 0 amide bonds. The Morgan fingerprint density at radius 3 is 2.60 bits per heavy atom. The van der Waals surface area contributed by atoms with Gasteiger partial charge < -0.3 is 4.74 Å². The topological polar surface area (TPSA) is 26.3 Å². The van der Waals surface area contributed by atoms with E-state index in [1.807, 2.05) is 6.07 Å². The van der Waals surface area contributed by atoms with Crippen molar-refractivity contribution in [3.8, 4) is 5.75 Å². The third-order valence-corrected chi connectivity index (χ3v) is 3.31. The van der Waals surface area contributed by atoms with E-state index >= 15 is 0 Å². The lowest BCUT2D eigenvalue weighted by molar-refractivity contribution is 0.104. The molecule has 2 aromatic carbocycles. The first-order valence-electron chi connectivity index (χ1n) is 5.92. The number of para-hydroxylation sites is 1. The van der Waals surface area contributed by atoms with Crippen LogP contribution in [0.4, 0.5) is 0 Å². The molecular formula is C16H12Cl2O2. The predicted molar refractivity (Wildman–Crippen MR) is 82.8 cm³/mol. The van der Waals surface area contributed by atoms with Crippen LogP contribution in [0.2, 0.25) is 10.0 Å². The normalized spacial score (nSPS) is 10.8. The molecule has 2 rings (SSSR count). The average molecular weight is 307 g/mol. The average Bonchev–Trinajstić information content (AvgIpc) is 2.46. The first-order valence-corrected chi connectivity index (χ1v) is 6.68. The number of methoxy groups -OCH3 is 1. The Hall–Kier alpha value is -1.77. The van der Waals surface area contributed by atoms with E-state index in [0.717, 1.165) is 5.56 Å². The van der Waals surface area contributed by atoms with Gasteiger partial charge in [0.1, 0.15) is 5.75 Å².